The van der Waals surface area contributed by atoms with Crippen molar-refractivity contribution in [1.82, 2.24) is 15.5 Å². The number of carbonyl (C=O) groups is 2. The van der Waals surface area contributed by atoms with Crippen LogP contribution in [-0.2, 0) is 4.79 Å². The van der Waals surface area contributed by atoms with Gasteiger partial charge in [0.2, 0.25) is 5.91 Å². The quantitative estimate of drug-likeness (QED) is 0.674. The number of hydrogen-bond acceptors (Lipinski definition) is 3. The van der Waals surface area contributed by atoms with Crippen LogP contribution in [0.5, 0.6) is 0 Å². The molecule has 21 heavy (non-hydrogen) atoms. The van der Waals surface area contributed by atoms with Crippen LogP contribution in [0.1, 0.15) is 29.6 Å². The molecule has 0 bridgehead atoms. The molecule has 1 aromatic rings. The van der Waals surface area contributed by atoms with E-state index in [0.29, 0.717) is 31.5 Å². The summed E-state index contributed by atoms with van der Waals surface area (Å²) in [5.41, 5.74) is 0.644. The molecular weight excluding hydrogens is 266 g/mol. The van der Waals surface area contributed by atoms with Crippen LogP contribution in [-0.4, -0.2) is 50.4 Å². The number of amides is 2. The Balaban J connectivity index is 2.06. The van der Waals surface area contributed by atoms with Crippen molar-refractivity contribution in [3.05, 3.63) is 35.9 Å². The normalized spacial score (nSPS) is 10.4. The van der Waals surface area contributed by atoms with Crippen molar-refractivity contribution in [3.63, 3.8) is 0 Å². The Bertz CT molecular complexity index is 432. The molecule has 0 radical (unpaired) electrons. The van der Waals surface area contributed by atoms with Gasteiger partial charge in [-0.05, 0) is 45.6 Å². The molecule has 0 aliphatic heterocycles. The van der Waals surface area contributed by atoms with Gasteiger partial charge in [0, 0.05) is 25.1 Å². The first kappa shape index (κ1) is 17.2. The molecule has 1 aromatic carbocycles. The summed E-state index contributed by atoms with van der Waals surface area (Å²) in [4.78, 5) is 25.4. The van der Waals surface area contributed by atoms with Gasteiger partial charge in [0.25, 0.3) is 5.91 Å². The molecule has 1 rings (SSSR count). The molecule has 5 heteroatoms. The number of carbonyl (C=O) groups excluding carboxylic acids is 2. The lowest BCUT2D eigenvalue weighted by Gasteiger charge is -2.10. The zero-order chi connectivity index (χ0) is 15.5. The fourth-order valence-corrected chi connectivity index (χ4v) is 1.85. The predicted octanol–water partition coefficient (Wildman–Crippen LogP) is 1.26. The number of nitrogens with zero attached hydrogens (tertiary/aromatic N) is 1. The van der Waals surface area contributed by atoms with Crippen molar-refractivity contribution in [2.45, 2.75) is 19.3 Å². The number of benzene rings is 1. The minimum atomic E-state index is -0.0954. The third-order valence-corrected chi connectivity index (χ3v) is 3.01. The molecule has 0 heterocycles. The van der Waals surface area contributed by atoms with Gasteiger partial charge < -0.3 is 15.5 Å². The molecule has 0 aliphatic rings. The molecule has 0 atom stereocenters. The monoisotopic (exact) mass is 291 g/mol. The summed E-state index contributed by atoms with van der Waals surface area (Å²) in [6.45, 7) is 2.18. The molecule has 0 unspecified atom stereocenters. The first-order valence-corrected chi connectivity index (χ1v) is 7.34. The van der Waals surface area contributed by atoms with Gasteiger partial charge in [0.05, 0.1) is 0 Å². The third-order valence-electron chi connectivity index (χ3n) is 3.01. The number of hydrogen-bond donors (Lipinski definition) is 2. The maximum Gasteiger partial charge on any atom is 0.251 e. The van der Waals surface area contributed by atoms with E-state index in [1.165, 1.54) is 0 Å². The summed E-state index contributed by atoms with van der Waals surface area (Å²) in [6.07, 6.45) is 2.04. The highest BCUT2D eigenvalue weighted by molar-refractivity contribution is 5.94. The first-order valence-electron chi connectivity index (χ1n) is 7.34. The summed E-state index contributed by atoms with van der Waals surface area (Å²) in [5.74, 6) is -0.0512. The smallest absolute Gasteiger partial charge is 0.251 e. The zero-order valence-electron chi connectivity index (χ0n) is 12.9. The van der Waals surface area contributed by atoms with Crippen molar-refractivity contribution in [3.8, 4) is 0 Å². The third kappa shape index (κ3) is 8.09. The fourth-order valence-electron chi connectivity index (χ4n) is 1.85. The molecule has 0 fully saturated rings. The van der Waals surface area contributed by atoms with E-state index in [2.05, 4.69) is 15.5 Å². The highest BCUT2D eigenvalue weighted by Gasteiger charge is 2.04. The number of nitrogens with one attached hydrogen (secondary N) is 2. The van der Waals surface area contributed by atoms with E-state index in [1.54, 1.807) is 12.1 Å². The van der Waals surface area contributed by atoms with Gasteiger partial charge in [-0.25, -0.2) is 0 Å². The van der Waals surface area contributed by atoms with Gasteiger partial charge in [-0.1, -0.05) is 18.2 Å². The molecule has 2 amide bonds. The van der Waals surface area contributed by atoms with Crippen molar-refractivity contribution in [1.29, 1.82) is 0 Å². The van der Waals surface area contributed by atoms with Crippen molar-refractivity contribution in [2.75, 3.05) is 33.7 Å². The van der Waals surface area contributed by atoms with Gasteiger partial charge in [-0.3, -0.25) is 9.59 Å². The van der Waals surface area contributed by atoms with Crippen LogP contribution in [0.15, 0.2) is 30.3 Å². The van der Waals surface area contributed by atoms with E-state index >= 15 is 0 Å². The van der Waals surface area contributed by atoms with E-state index < -0.39 is 0 Å². The zero-order valence-corrected chi connectivity index (χ0v) is 12.9. The second-order valence-corrected chi connectivity index (χ2v) is 5.23. The highest BCUT2D eigenvalue weighted by atomic mass is 16.2. The lowest BCUT2D eigenvalue weighted by molar-refractivity contribution is -0.121. The Labute approximate surface area is 126 Å². The van der Waals surface area contributed by atoms with Gasteiger partial charge in [0.15, 0.2) is 0 Å². The van der Waals surface area contributed by atoms with Crippen LogP contribution in [0.2, 0.25) is 0 Å². The fraction of sp³-hybridized carbons (Fsp3) is 0.500. The minimum absolute atomic E-state index is 0.0442. The molecule has 2 N–H and O–H groups in total. The van der Waals surface area contributed by atoms with Crippen LogP contribution in [0.3, 0.4) is 0 Å². The second-order valence-electron chi connectivity index (χ2n) is 5.23. The molecule has 116 valence electrons. The van der Waals surface area contributed by atoms with Gasteiger partial charge in [-0.15, -0.1) is 0 Å². The maximum atomic E-state index is 11.7. The predicted molar refractivity (Wildman–Crippen MR) is 84.2 cm³/mol. The average Bonchev–Trinajstić information content (AvgIpc) is 2.48. The largest absolute Gasteiger partial charge is 0.356 e. The van der Waals surface area contributed by atoms with Crippen molar-refractivity contribution >= 4 is 11.8 Å². The summed E-state index contributed by atoms with van der Waals surface area (Å²) in [7, 11) is 4.02. The lowest BCUT2D eigenvalue weighted by atomic mass is 10.2. The summed E-state index contributed by atoms with van der Waals surface area (Å²) >= 11 is 0. The Morgan fingerprint density at radius 1 is 1.00 bits per heavy atom. The Kier molecular flexibility index (Phi) is 8.12. The average molecular weight is 291 g/mol. The molecule has 0 spiro atoms. The van der Waals surface area contributed by atoms with Crippen LogP contribution in [0.25, 0.3) is 0 Å². The summed E-state index contributed by atoms with van der Waals surface area (Å²) in [6, 6.07) is 9.07. The van der Waals surface area contributed by atoms with E-state index in [-0.39, 0.29) is 11.8 Å². The minimum Gasteiger partial charge on any atom is -0.356 e. The molecule has 0 aliphatic carbocycles. The topological polar surface area (TPSA) is 61.4 Å². The second kappa shape index (κ2) is 9.94. The Morgan fingerprint density at radius 2 is 1.67 bits per heavy atom. The standard InChI is InChI=1S/C16H25N3O2/c1-19(2)13-7-12-17-15(20)10-6-11-18-16(21)14-8-4-3-5-9-14/h3-5,8-9H,6-7,10-13H2,1-2H3,(H,17,20)(H,18,21). The number of rotatable bonds is 9. The van der Waals surface area contributed by atoms with E-state index in [4.69, 9.17) is 0 Å². The SMILES string of the molecule is CN(C)CCCNC(=O)CCCNC(=O)c1ccccc1. The van der Waals surface area contributed by atoms with Gasteiger partial charge >= 0.3 is 0 Å². The van der Waals surface area contributed by atoms with Crippen LogP contribution < -0.4 is 10.6 Å². The molecule has 0 aromatic heterocycles. The van der Waals surface area contributed by atoms with E-state index in [0.717, 1.165) is 13.0 Å². The first-order chi connectivity index (χ1) is 10.1. The molecule has 5 nitrogen and oxygen atoms in total. The van der Waals surface area contributed by atoms with Crippen molar-refractivity contribution < 1.29 is 9.59 Å². The molecule has 0 saturated heterocycles. The van der Waals surface area contributed by atoms with Crippen LogP contribution >= 0.6 is 0 Å². The Morgan fingerprint density at radius 3 is 2.33 bits per heavy atom. The maximum absolute atomic E-state index is 11.7. The van der Waals surface area contributed by atoms with E-state index in [1.807, 2.05) is 32.3 Å². The van der Waals surface area contributed by atoms with Crippen LogP contribution in [0, 0.1) is 0 Å². The molecule has 0 saturated carbocycles. The van der Waals surface area contributed by atoms with Gasteiger partial charge in [-0.2, -0.15) is 0 Å². The lowest BCUT2D eigenvalue weighted by Crippen LogP contribution is -2.29. The van der Waals surface area contributed by atoms with Crippen molar-refractivity contribution in [2.24, 2.45) is 0 Å². The summed E-state index contributed by atoms with van der Waals surface area (Å²) in [5, 5.41) is 5.69. The Hall–Kier alpha value is -1.88. The van der Waals surface area contributed by atoms with E-state index in [9.17, 15) is 9.59 Å². The highest BCUT2D eigenvalue weighted by Crippen LogP contribution is 1.98. The molecular formula is C16H25N3O2. The summed E-state index contributed by atoms with van der Waals surface area (Å²) < 4.78 is 0. The van der Waals surface area contributed by atoms with Gasteiger partial charge in [0.1, 0.15) is 0 Å². The van der Waals surface area contributed by atoms with Crippen LogP contribution in [0.4, 0.5) is 0 Å².